The second kappa shape index (κ2) is 12.6. The summed E-state index contributed by atoms with van der Waals surface area (Å²) in [6.07, 6.45) is 1.64. The molecule has 4 nitrogen and oxygen atoms in total. The van der Waals surface area contributed by atoms with E-state index in [-0.39, 0.29) is 18.2 Å². The Bertz CT molecular complexity index is 988. The minimum atomic E-state index is -0.587. The number of carbonyl (C=O) groups excluding carboxylic acids is 2. The molecule has 0 aromatic heterocycles. The van der Waals surface area contributed by atoms with E-state index < -0.39 is 6.04 Å². The van der Waals surface area contributed by atoms with Gasteiger partial charge in [0.05, 0.1) is 6.42 Å². The van der Waals surface area contributed by atoms with E-state index in [0.717, 1.165) is 23.1 Å². The summed E-state index contributed by atoms with van der Waals surface area (Å²) in [4.78, 5) is 28.7. The van der Waals surface area contributed by atoms with E-state index >= 15 is 0 Å². The third-order valence-electron chi connectivity index (χ3n) is 5.69. The zero-order valence-electron chi connectivity index (χ0n) is 19.6. The van der Waals surface area contributed by atoms with Crippen molar-refractivity contribution in [2.24, 2.45) is 5.92 Å². The zero-order chi connectivity index (χ0) is 23.5. The lowest BCUT2D eigenvalue weighted by Gasteiger charge is -2.32. The maximum absolute atomic E-state index is 13.6. The summed E-state index contributed by atoms with van der Waals surface area (Å²) in [5.74, 6) is 0.347. The van der Waals surface area contributed by atoms with Gasteiger partial charge in [-0.1, -0.05) is 105 Å². The summed E-state index contributed by atoms with van der Waals surface area (Å²) in [7, 11) is 0. The quantitative estimate of drug-likeness (QED) is 0.453. The fraction of sp³-hybridized carbons (Fsp3) is 0.310. The lowest BCUT2D eigenvalue weighted by molar-refractivity contribution is -0.140. The number of hydrogen-bond acceptors (Lipinski definition) is 2. The first-order chi connectivity index (χ1) is 16.0. The van der Waals surface area contributed by atoms with Gasteiger partial charge in [0, 0.05) is 19.5 Å². The monoisotopic (exact) mass is 442 g/mol. The summed E-state index contributed by atoms with van der Waals surface area (Å²) < 4.78 is 0. The second-order valence-electron chi connectivity index (χ2n) is 8.85. The van der Waals surface area contributed by atoms with E-state index in [1.807, 2.05) is 91.0 Å². The van der Waals surface area contributed by atoms with Crippen LogP contribution in [0, 0.1) is 5.92 Å². The van der Waals surface area contributed by atoms with Crippen molar-refractivity contribution in [2.75, 3.05) is 6.54 Å². The molecule has 0 spiro atoms. The molecule has 3 aromatic rings. The molecule has 0 radical (unpaired) electrons. The predicted molar refractivity (Wildman–Crippen MR) is 134 cm³/mol. The number of benzene rings is 3. The fourth-order valence-electron chi connectivity index (χ4n) is 3.81. The van der Waals surface area contributed by atoms with Crippen LogP contribution in [0.3, 0.4) is 0 Å². The summed E-state index contributed by atoms with van der Waals surface area (Å²) in [5.41, 5.74) is 2.98. The van der Waals surface area contributed by atoms with Crippen LogP contribution in [-0.4, -0.2) is 29.3 Å². The highest BCUT2D eigenvalue weighted by molar-refractivity contribution is 5.88. The summed E-state index contributed by atoms with van der Waals surface area (Å²) >= 11 is 0. The molecule has 0 saturated carbocycles. The molecule has 172 valence electrons. The van der Waals surface area contributed by atoms with E-state index in [1.165, 1.54) is 0 Å². The Morgan fingerprint density at radius 3 is 1.82 bits per heavy atom. The van der Waals surface area contributed by atoms with Crippen molar-refractivity contribution in [1.29, 1.82) is 0 Å². The van der Waals surface area contributed by atoms with Gasteiger partial charge in [-0.2, -0.15) is 0 Å². The summed E-state index contributed by atoms with van der Waals surface area (Å²) in [6.45, 7) is 5.27. The molecule has 3 rings (SSSR count). The Morgan fingerprint density at radius 2 is 1.27 bits per heavy atom. The van der Waals surface area contributed by atoms with Crippen LogP contribution in [0.2, 0.25) is 0 Å². The molecule has 1 unspecified atom stereocenters. The smallest absolute Gasteiger partial charge is 0.243 e. The number of nitrogens with one attached hydrogen (secondary N) is 1. The predicted octanol–water partition coefficient (Wildman–Crippen LogP) is 5.03. The van der Waals surface area contributed by atoms with Crippen molar-refractivity contribution in [1.82, 2.24) is 10.2 Å². The van der Waals surface area contributed by atoms with Crippen molar-refractivity contribution >= 4 is 11.8 Å². The first-order valence-corrected chi connectivity index (χ1v) is 11.7. The van der Waals surface area contributed by atoms with Crippen molar-refractivity contribution in [3.05, 3.63) is 108 Å². The average molecular weight is 443 g/mol. The Hall–Kier alpha value is -3.40. The highest BCUT2D eigenvalue weighted by Gasteiger charge is 2.30. The molecule has 1 N–H and O–H groups in total. The largest absolute Gasteiger partial charge is 0.354 e. The number of amides is 2. The van der Waals surface area contributed by atoms with Crippen molar-refractivity contribution in [3.8, 4) is 0 Å². The maximum atomic E-state index is 13.6. The molecule has 0 heterocycles. The Labute approximate surface area is 197 Å². The number of rotatable bonds is 11. The number of nitrogens with zero attached hydrogens (tertiary/aromatic N) is 1. The van der Waals surface area contributed by atoms with Crippen molar-refractivity contribution in [3.63, 3.8) is 0 Å². The minimum Gasteiger partial charge on any atom is -0.354 e. The van der Waals surface area contributed by atoms with Crippen LogP contribution in [0.4, 0.5) is 0 Å². The number of carbonyl (C=O) groups is 2. The molecule has 0 aliphatic carbocycles. The van der Waals surface area contributed by atoms with Gasteiger partial charge in [0.2, 0.25) is 11.8 Å². The molecule has 2 amide bonds. The lowest BCUT2D eigenvalue weighted by atomic mass is 10.0. The maximum Gasteiger partial charge on any atom is 0.243 e. The van der Waals surface area contributed by atoms with E-state index in [1.54, 1.807) is 4.90 Å². The molecule has 3 aromatic carbocycles. The zero-order valence-corrected chi connectivity index (χ0v) is 19.6. The van der Waals surface area contributed by atoms with Crippen LogP contribution in [0.5, 0.6) is 0 Å². The van der Waals surface area contributed by atoms with Gasteiger partial charge in [0.1, 0.15) is 6.04 Å². The van der Waals surface area contributed by atoms with Crippen LogP contribution >= 0.6 is 0 Å². The first kappa shape index (κ1) is 24.2. The minimum absolute atomic E-state index is 0.0509. The Balaban J connectivity index is 1.89. The van der Waals surface area contributed by atoms with E-state index in [4.69, 9.17) is 0 Å². The summed E-state index contributed by atoms with van der Waals surface area (Å²) in [5, 5.41) is 3.09. The highest BCUT2D eigenvalue weighted by atomic mass is 16.2. The SMILES string of the molecule is CC(C)CCNC(=O)C(Cc1ccccc1)N(Cc1ccccc1)C(=O)Cc1ccccc1. The van der Waals surface area contributed by atoms with Gasteiger partial charge in [-0.15, -0.1) is 0 Å². The van der Waals surface area contributed by atoms with Gasteiger partial charge in [0.25, 0.3) is 0 Å². The van der Waals surface area contributed by atoms with Gasteiger partial charge in [0.15, 0.2) is 0 Å². The highest BCUT2D eigenvalue weighted by Crippen LogP contribution is 2.16. The van der Waals surface area contributed by atoms with Crippen LogP contribution in [0.1, 0.15) is 37.0 Å². The molecule has 4 heteroatoms. The van der Waals surface area contributed by atoms with Gasteiger partial charge >= 0.3 is 0 Å². The van der Waals surface area contributed by atoms with E-state index in [0.29, 0.717) is 25.4 Å². The normalized spacial score (nSPS) is 11.7. The van der Waals surface area contributed by atoms with Gasteiger partial charge in [-0.25, -0.2) is 0 Å². The standard InChI is InChI=1S/C29H34N2O2/c1-23(2)18-19-30-29(33)27(20-24-12-6-3-7-13-24)31(22-26-16-10-5-11-17-26)28(32)21-25-14-8-4-9-15-25/h3-17,23,27H,18-22H2,1-2H3,(H,30,33). The molecule has 0 saturated heterocycles. The van der Waals surface area contributed by atoms with Gasteiger partial charge in [-0.3, -0.25) is 9.59 Å². The fourth-order valence-corrected chi connectivity index (χ4v) is 3.81. The molecule has 33 heavy (non-hydrogen) atoms. The van der Waals surface area contributed by atoms with Gasteiger partial charge in [-0.05, 0) is 29.0 Å². The van der Waals surface area contributed by atoms with Crippen LogP contribution < -0.4 is 5.32 Å². The van der Waals surface area contributed by atoms with Crippen LogP contribution in [0.15, 0.2) is 91.0 Å². The summed E-state index contributed by atoms with van der Waals surface area (Å²) in [6, 6.07) is 28.9. The molecule has 0 fully saturated rings. The Morgan fingerprint density at radius 1 is 0.758 bits per heavy atom. The molecule has 0 aliphatic rings. The van der Waals surface area contributed by atoms with E-state index in [2.05, 4.69) is 19.2 Å². The topological polar surface area (TPSA) is 49.4 Å². The molecule has 0 bridgehead atoms. The lowest BCUT2D eigenvalue weighted by Crippen LogP contribution is -2.51. The number of hydrogen-bond donors (Lipinski definition) is 1. The average Bonchev–Trinajstić information content (AvgIpc) is 2.83. The molecular formula is C29H34N2O2. The van der Waals surface area contributed by atoms with Crippen molar-refractivity contribution < 1.29 is 9.59 Å². The van der Waals surface area contributed by atoms with Crippen LogP contribution in [0.25, 0.3) is 0 Å². The van der Waals surface area contributed by atoms with Gasteiger partial charge < -0.3 is 10.2 Å². The molecule has 1 atom stereocenters. The van der Waals surface area contributed by atoms with E-state index in [9.17, 15) is 9.59 Å². The third-order valence-corrected chi connectivity index (χ3v) is 5.69. The molecule has 0 aliphatic heterocycles. The molecular weight excluding hydrogens is 408 g/mol. The first-order valence-electron chi connectivity index (χ1n) is 11.7. The third kappa shape index (κ3) is 7.90. The second-order valence-corrected chi connectivity index (χ2v) is 8.85. The Kier molecular flexibility index (Phi) is 9.25. The van der Waals surface area contributed by atoms with Crippen LogP contribution in [-0.2, 0) is 29.0 Å². The van der Waals surface area contributed by atoms with Crippen molar-refractivity contribution in [2.45, 2.75) is 45.7 Å².